The van der Waals surface area contributed by atoms with Crippen molar-refractivity contribution in [1.82, 2.24) is 0 Å². The molecule has 0 aliphatic rings. The highest BCUT2D eigenvalue weighted by Gasteiger charge is 2.17. The van der Waals surface area contributed by atoms with Crippen molar-refractivity contribution in [3.8, 4) is 0 Å². The fourth-order valence-corrected chi connectivity index (χ4v) is 8.96. The zero-order valence-corrected chi connectivity index (χ0v) is 48.2. The molecule has 0 heterocycles. The van der Waals surface area contributed by atoms with Crippen LogP contribution in [0.2, 0.25) is 0 Å². The molecule has 0 fully saturated rings. The summed E-state index contributed by atoms with van der Waals surface area (Å²) in [6, 6.07) is 0. The Kier molecular flexibility index (Phi) is 60.3. The Morgan fingerprint density at radius 3 is 0.972 bits per heavy atom. The summed E-state index contributed by atoms with van der Waals surface area (Å²) in [4.78, 5) is 25.6. The van der Waals surface area contributed by atoms with Gasteiger partial charge in [0.25, 0.3) is 0 Å². The summed E-state index contributed by atoms with van der Waals surface area (Å²) < 4.78 is 17.5. The molecule has 0 bridgehead atoms. The number of allylic oxidation sites excluding steroid dienone is 12. The molecule has 0 rings (SSSR count). The van der Waals surface area contributed by atoms with E-state index in [4.69, 9.17) is 14.2 Å². The first kappa shape index (κ1) is 69.3. The second-order valence-electron chi connectivity index (χ2n) is 21.0. The topological polar surface area (TPSA) is 61.8 Å². The predicted octanol–water partition coefficient (Wildman–Crippen LogP) is 21.8. The second-order valence-corrected chi connectivity index (χ2v) is 21.0. The third kappa shape index (κ3) is 59.9. The first-order valence-electron chi connectivity index (χ1n) is 31.5. The van der Waals surface area contributed by atoms with Crippen LogP contribution in [-0.4, -0.2) is 37.9 Å². The van der Waals surface area contributed by atoms with Crippen LogP contribution in [0.5, 0.6) is 0 Å². The van der Waals surface area contributed by atoms with Crippen molar-refractivity contribution in [3.05, 3.63) is 72.9 Å². The molecule has 72 heavy (non-hydrogen) atoms. The number of carbonyl (C=O) groups excluding carboxylic acids is 2. The maximum absolute atomic E-state index is 12.9. The average molecular weight is 1010 g/mol. The van der Waals surface area contributed by atoms with E-state index in [1.807, 2.05) is 0 Å². The third-order valence-corrected chi connectivity index (χ3v) is 13.7. The summed E-state index contributed by atoms with van der Waals surface area (Å²) in [5.41, 5.74) is 0. The van der Waals surface area contributed by atoms with E-state index in [1.54, 1.807) is 0 Å². The molecule has 5 heteroatoms. The van der Waals surface area contributed by atoms with Crippen LogP contribution in [-0.2, 0) is 23.8 Å². The minimum Gasteiger partial charge on any atom is -0.462 e. The molecule has 0 aliphatic carbocycles. The van der Waals surface area contributed by atoms with Gasteiger partial charge in [-0.05, 0) is 116 Å². The zero-order chi connectivity index (χ0) is 52.0. The fraction of sp³-hybridized carbons (Fsp3) is 0.791. The van der Waals surface area contributed by atoms with Crippen LogP contribution in [0.3, 0.4) is 0 Å². The van der Waals surface area contributed by atoms with Crippen LogP contribution in [0.25, 0.3) is 0 Å². The van der Waals surface area contributed by atoms with E-state index in [-0.39, 0.29) is 25.2 Å². The van der Waals surface area contributed by atoms with E-state index in [2.05, 4.69) is 93.7 Å². The lowest BCUT2D eigenvalue weighted by molar-refractivity contribution is -0.163. The Morgan fingerprint density at radius 1 is 0.306 bits per heavy atom. The van der Waals surface area contributed by atoms with Gasteiger partial charge < -0.3 is 14.2 Å². The summed E-state index contributed by atoms with van der Waals surface area (Å²) in [5, 5.41) is 0. The average Bonchev–Trinajstić information content (AvgIpc) is 3.38. The number of esters is 2. The summed E-state index contributed by atoms with van der Waals surface area (Å²) in [6.07, 6.45) is 82.1. The molecule has 0 saturated heterocycles. The van der Waals surface area contributed by atoms with E-state index in [0.29, 0.717) is 19.4 Å². The summed E-state index contributed by atoms with van der Waals surface area (Å²) >= 11 is 0. The monoisotopic (exact) mass is 1000 g/mol. The number of carbonyl (C=O) groups is 2. The van der Waals surface area contributed by atoms with E-state index >= 15 is 0 Å². The van der Waals surface area contributed by atoms with E-state index < -0.39 is 6.10 Å². The minimum atomic E-state index is -0.549. The Balaban J connectivity index is 4.31. The van der Waals surface area contributed by atoms with Crippen LogP contribution in [0, 0.1) is 0 Å². The van der Waals surface area contributed by atoms with Gasteiger partial charge in [-0.25, -0.2) is 0 Å². The van der Waals surface area contributed by atoms with E-state index in [1.165, 1.54) is 205 Å². The summed E-state index contributed by atoms with van der Waals surface area (Å²) in [6.45, 7) is 7.79. The highest BCUT2D eigenvalue weighted by Crippen LogP contribution is 2.15. The molecule has 0 spiro atoms. The minimum absolute atomic E-state index is 0.0752. The first-order valence-corrected chi connectivity index (χ1v) is 31.5. The Morgan fingerprint density at radius 2 is 0.583 bits per heavy atom. The highest BCUT2D eigenvalue weighted by molar-refractivity contribution is 5.70. The molecule has 1 atom stereocenters. The van der Waals surface area contributed by atoms with E-state index in [0.717, 1.165) is 77.0 Å². The van der Waals surface area contributed by atoms with Crippen molar-refractivity contribution in [2.24, 2.45) is 0 Å². The van der Waals surface area contributed by atoms with Gasteiger partial charge in [-0.15, -0.1) is 0 Å². The largest absolute Gasteiger partial charge is 0.462 e. The Labute approximate surface area is 448 Å². The van der Waals surface area contributed by atoms with Gasteiger partial charge >= 0.3 is 11.9 Å². The fourth-order valence-electron chi connectivity index (χ4n) is 8.96. The Hall–Kier alpha value is -2.66. The predicted molar refractivity (Wildman–Crippen MR) is 316 cm³/mol. The van der Waals surface area contributed by atoms with Gasteiger partial charge in [-0.3, -0.25) is 9.59 Å². The molecule has 418 valence electrons. The number of ether oxygens (including phenoxy) is 3. The molecular formula is C67H120O5. The van der Waals surface area contributed by atoms with Crippen LogP contribution < -0.4 is 0 Å². The van der Waals surface area contributed by atoms with Crippen molar-refractivity contribution in [1.29, 1.82) is 0 Å². The Bertz CT molecular complexity index is 1270. The second kappa shape index (κ2) is 62.6. The molecular weight excluding hydrogens is 885 g/mol. The van der Waals surface area contributed by atoms with Crippen LogP contribution >= 0.6 is 0 Å². The lowest BCUT2D eigenvalue weighted by atomic mass is 10.1. The van der Waals surface area contributed by atoms with Gasteiger partial charge in [0.2, 0.25) is 0 Å². The number of unbranched alkanes of at least 4 members (excludes halogenated alkanes) is 35. The molecule has 0 aromatic rings. The van der Waals surface area contributed by atoms with Crippen molar-refractivity contribution in [2.75, 3.05) is 19.8 Å². The van der Waals surface area contributed by atoms with E-state index in [9.17, 15) is 9.59 Å². The SMILES string of the molecule is CCCCC/C=C\C/C=C\C/C=C\CCCCCCCCC(=O)OCC(COCCCCCCCCCC/C=C\CCCCCCCC)OC(=O)CCCCCCCCCCC/C=C\C/C=C\CCCCC. The van der Waals surface area contributed by atoms with Crippen molar-refractivity contribution in [2.45, 2.75) is 322 Å². The van der Waals surface area contributed by atoms with Crippen LogP contribution in [0.4, 0.5) is 0 Å². The van der Waals surface area contributed by atoms with Gasteiger partial charge in [0.05, 0.1) is 6.61 Å². The lowest BCUT2D eigenvalue weighted by Gasteiger charge is -2.18. The molecule has 0 radical (unpaired) electrons. The first-order chi connectivity index (χ1) is 35.6. The van der Waals surface area contributed by atoms with Crippen molar-refractivity contribution in [3.63, 3.8) is 0 Å². The standard InChI is InChI=1S/C67H120O5/c1-4-7-10-13-16-19-22-25-28-31-34-36-39-42-45-48-51-54-57-60-66(68)71-64-65(63-70-62-59-56-53-50-47-44-41-38-33-30-27-24-21-18-15-12-9-6-3)72-67(69)61-58-55-52-49-46-43-40-37-35-32-29-26-23-20-17-14-11-8-5-2/h16-17,19-20,25-30,34,36,65H,4-15,18,21-24,31-33,35,37-64H2,1-3H3/b19-16-,20-17-,28-25-,29-26-,30-27-,36-34-. The van der Waals surface area contributed by atoms with Gasteiger partial charge in [0.15, 0.2) is 6.10 Å². The third-order valence-electron chi connectivity index (χ3n) is 13.7. The van der Waals surface area contributed by atoms with Crippen LogP contribution in [0.15, 0.2) is 72.9 Å². The molecule has 0 aromatic heterocycles. The van der Waals surface area contributed by atoms with Gasteiger partial charge in [0, 0.05) is 19.4 Å². The lowest BCUT2D eigenvalue weighted by Crippen LogP contribution is -2.30. The number of hydrogen-bond donors (Lipinski definition) is 0. The summed E-state index contributed by atoms with van der Waals surface area (Å²) in [7, 11) is 0. The number of hydrogen-bond acceptors (Lipinski definition) is 5. The highest BCUT2D eigenvalue weighted by atomic mass is 16.6. The van der Waals surface area contributed by atoms with Gasteiger partial charge in [0.1, 0.15) is 6.61 Å². The molecule has 0 N–H and O–H groups in total. The molecule has 0 amide bonds. The molecule has 5 nitrogen and oxygen atoms in total. The molecule has 0 aromatic carbocycles. The maximum atomic E-state index is 12.9. The normalized spacial score (nSPS) is 12.7. The van der Waals surface area contributed by atoms with Gasteiger partial charge in [-0.2, -0.15) is 0 Å². The van der Waals surface area contributed by atoms with Crippen molar-refractivity contribution >= 4 is 11.9 Å². The van der Waals surface area contributed by atoms with Gasteiger partial charge in [-0.1, -0.05) is 261 Å². The molecule has 1 unspecified atom stereocenters. The molecule has 0 saturated carbocycles. The molecule has 0 aliphatic heterocycles. The smallest absolute Gasteiger partial charge is 0.306 e. The zero-order valence-electron chi connectivity index (χ0n) is 48.2. The summed E-state index contributed by atoms with van der Waals surface area (Å²) in [5.74, 6) is -0.406. The number of rotatable bonds is 58. The van der Waals surface area contributed by atoms with Crippen molar-refractivity contribution < 1.29 is 23.8 Å². The van der Waals surface area contributed by atoms with Crippen LogP contribution in [0.1, 0.15) is 316 Å². The maximum Gasteiger partial charge on any atom is 0.306 e. The quantitative estimate of drug-likeness (QED) is 0.0345.